The zero-order valence-electron chi connectivity index (χ0n) is 19.1. The van der Waals surface area contributed by atoms with Gasteiger partial charge in [-0.1, -0.05) is 30.3 Å². The van der Waals surface area contributed by atoms with Gasteiger partial charge in [0.2, 0.25) is 0 Å². The molecular weight excluding hydrogens is 384 g/mol. The van der Waals surface area contributed by atoms with Crippen molar-refractivity contribution in [1.29, 1.82) is 0 Å². The highest BCUT2D eigenvalue weighted by atomic mass is 16.3. The summed E-state index contributed by atoms with van der Waals surface area (Å²) in [5.41, 5.74) is 5.37. The smallest absolute Gasteiger partial charge is 0.128 e. The molecule has 5 nitrogen and oxygen atoms in total. The Morgan fingerprint density at radius 1 is 0.968 bits per heavy atom. The molecule has 3 aromatic rings. The summed E-state index contributed by atoms with van der Waals surface area (Å²) in [5.74, 6) is 1.38. The Bertz CT molecular complexity index is 1030. The van der Waals surface area contributed by atoms with Crippen molar-refractivity contribution >= 4 is 22.4 Å². The third-order valence-electron chi connectivity index (χ3n) is 6.40. The Labute approximate surface area is 185 Å². The summed E-state index contributed by atoms with van der Waals surface area (Å²) in [4.78, 5) is 7.01. The number of benzene rings is 2. The van der Waals surface area contributed by atoms with Crippen LogP contribution in [0.4, 0.5) is 11.5 Å². The average molecular weight is 419 g/mol. The van der Waals surface area contributed by atoms with Crippen LogP contribution in [0.5, 0.6) is 5.75 Å². The van der Waals surface area contributed by atoms with Crippen molar-refractivity contribution in [2.24, 2.45) is 0 Å². The van der Waals surface area contributed by atoms with Crippen LogP contribution in [0.1, 0.15) is 42.4 Å². The molecule has 0 spiro atoms. The molecule has 4 rings (SSSR count). The van der Waals surface area contributed by atoms with Gasteiger partial charge in [-0.05, 0) is 62.3 Å². The van der Waals surface area contributed by atoms with E-state index in [-0.39, 0.29) is 0 Å². The average Bonchev–Trinajstić information content (AvgIpc) is 2.76. The van der Waals surface area contributed by atoms with E-state index in [1.807, 2.05) is 19.9 Å². The van der Waals surface area contributed by atoms with Gasteiger partial charge < -0.3 is 20.6 Å². The molecule has 1 fully saturated rings. The zero-order chi connectivity index (χ0) is 22.0. The third-order valence-corrected chi connectivity index (χ3v) is 6.40. The Morgan fingerprint density at radius 2 is 1.61 bits per heavy atom. The number of aromatic hydroxyl groups is 1. The molecule has 0 unspecified atom stereocenters. The summed E-state index contributed by atoms with van der Waals surface area (Å²) in [7, 11) is 4.17. The van der Waals surface area contributed by atoms with Gasteiger partial charge in [-0.15, -0.1) is 0 Å². The second-order valence-corrected chi connectivity index (χ2v) is 9.09. The van der Waals surface area contributed by atoms with Gasteiger partial charge in [0.15, 0.2) is 0 Å². The highest BCUT2D eigenvalue weighted by molar-refractivity contribution is 5.93. The third kappa shape index (κ3) is 4.93. The van der Waals surface area contributed by atoms with Crippen LogP contribution in [0.2, 0.25) is 0 Å². The molecular formula is C26H34N4O. The van der Waals surface area contributed by atoms with E-state index in [1.165, 1.54) is 16.6 Å². The van der Waals surface area contributed by atoms with Gasteiger partial charge in [0.05, 0.1) is 5.52 Å². The van der Waals surface area contributed by atoms with Crippen LogP contribution >= 0.6 is 0 Å². The number of rotatable bonds is 6. The Hall–Kier alpha value is -2.79. The number of aromatic nitrogens is 1. The number of phenolic OH excluding ortho intramolecular Hbond substituents is 1. The van der Waals surface area contributed by atoms with Crippen molar-refractivity contribution < 1.29 is 5.11 Å². The number of pyridine rings is 1. The first kappa shape index (κ1) is 21.4. The molecule has 1 saturated carbocycles. The summed E-state index contributed by atoms with van der Waals surface area (Å²) >= 11 is 0. The minimum Gasteiger partial charge on any atom is -0.507 e. The number of hydrogen-bond acceptors (Lipinski definition) is 5. The topological polar surface area (TPSA) is 60.4 Å². The van der Waals surface area contributed by atoms with Crippen molar-refractivity contribution in [3.63, 3.8) is 0 Å². The van der Waals surface area contributed by atoms with Crippen molar-refractivity contribution in [1.82, 2.24) is 10.3 Å². The van der Waals surface area contributed by atoms with E-state index in [9.17, 15) is 5.11 Å². The van der Waals surface area contributed by atoms with Crippen LogP contribution in [0.25, 0.3) is 10.9 Å². The lowest BCUT2D eigenvalue weighted by atomic mass is 9.91. The molecule has 1 heterocycles. The maximum absolute atomic E-state index is 9.97. The number of nitrogens with one attached hydrogen (secondary N) is 2. The fourth-order valence-corrected chi connectivity index (χ4v) is 4.66. The van der Waals surface area contributed by atoms with Gasteiger partial charge in [-0.3, -0.25) is 0 Å². The van der Waals surface area contributed by atoms with Crippen molar-refractivity contribution in [3.8, 4) is 5.75 Å². The predicted molar refractivity (Wildman–Crippen MR) is 130 cm³/mol. The van der Waals surface area contributed by atoms with Gasteiger partial charge in [0.1, 0.15) is 11.6 Å². The number of fused-ring (bicyclic) bond motifs is 1. The Kier molecular flexibility index (Phi) is 6.33. The fourth-order valence-electron chi connectivity index (χ4n) is 4.66. The van der Waals surface area contributed by atoms with E-state index >= 15 is 0 Å². The molecule has 0 aliphatic heterocycles. The number of aryl methyl sites for hydroxylation is 2. The second kappa shape index (κ2) is 9.15. The minimum atomic E-state index is 0.412. The van der Waals surface area contributed by atoms with E-state index in [1.54, 1.807) is 0 Å². The second-order valence-electron chi connectivity index (χ2n) is 9.09. The maximum atomic E-state index is 9.97. The van der Waals surface area contributed by atoms with Crippen LogP contribution in [0.3, 0.4) is 0 Å². The molecule has 0 saturated heterocycles. The molecule has 0 bridgehead atoms. The molecule has 0 amide bonds. The van der Waals surface area contributed by atoms with Gasteiger partial charge in [-0.2, -0.15) is 0 Å². The van der Waals surface area contributed by atoms with Crippen LogP contribution in [-0.4, -0.2) is 36.3 Å². The van der Waals surface area contributed by atoms with Crippen LogP contribution < -0.4 is 15.5 Å². The van der Waals surface area contributed by atoms with E-state index in [4.69, 9.17) is 4.98 Å². The number of hydrogen-bond donors (Lipinski definition) is 3. The van der Waals surface area contributed by atoms with Crippen LogP contribution in [0, 0.1) is 13.8 Å². The molecule has 1 aliphatic carbocycles. The quantitative estimate of drug-likeness (QED) is 0.518. The first-order valence-corrected chi connectivity index (χ1v) is 11.3. The van der Waals surface area contributed by atoms with E-state index in [0.29, 0.717) is 17.8 Å². The first-order valence-electron chi connectivity index (χ1n) is 11.3. The molecule has 5 heteroatoms. The number of anilines is 2. The molecule has 1 aromatic heterocycles. The maximum Gasteiger partial charge on any atom is 0.128 e. The molecule has 0 atom stereocenters. The van der Waals surface area contributed by atoms with E-state index in [2.05, 4.69) is 66.0 Å². The van der Waals surface area contributed by atoms with Crippen molar-refractivity contribution in [2.45, 2.75) is 58.2 Å². The molecule has 0 radical (unpaired) electrons. The normalized spacial score (nSPS) is 18.8. The largest absolute Gasteiger partial charge is 0.507 e. The lowest BCUT2D eigenvalue weighted by Crippen LogP contribution is -2.36. The monoisotopic (exact) mass is 418 g/mol. The Balaban J connectivity index is 1.34. The molecule has 164 valence electrons. The summed E-state index contributed by atoms with van der Waals surface area (Å²) in [6.45, 7) is 4.78. The van der Waals surface area contributed by atoms with Gasteiger partial charge in [-0.25, -0.2) is 4.98 Å². The highest BCUT2D eigenvalue weighted by Crippen LogP contribution is 2.29. The van der Waals surface area contributed by atoms with E-state index in [0.717, 1.165) is 54.7 Å². The molecule has 31 heavy (non-hydrogen) atoms. The molecule has 1 aliphatic rings. The number of phenols is 1. The van der Waals surface area contributed by atoms with Crippen LogP contribution in [0.15, 0.2) is 42.5 Å². The van der Waals surface area contributed by atoms with Gasteiger partial charge in [0.25, 0.3) is 0 Å². The number of nitrogens with zero attached hydrogens (tertiary/aromatic N) is 2. The zero-order valence-corrected chi connectivity index (χ0v) is 19.1. The standard InChI is InChI=1S/C26H34N4O/c1-17-13-19(14-18(2)26(17)31)16-27-20-9-11-21(12-10-20)28-25-15-24(30(3)4)22-7-5-6-8-23(22)29-25/h5-8,13-15,20-21,27,31H,9-12,16H2,1-4H3,(H,28,29)/t20-,21+. The summed E-state index contributed by atoms with van der Waals surface area (Å²) in [6.07, 6.45) is 4.58. The van der Waals surface area contributed by atoms with Crippen molar-refractivity contribution in [2.75, 3.05) is 24.3 Å². The van der Waals surface area contributed by atoms with Crippen LogP contribution in [-0.2, 0) is 6.54 Å². The summed E-state index contributed by atoms with van der Waals surface area (Å²) in [5, 5.41) is 18.6. The predicted octanol–water partition coefficient (Wildman–Crippen LogP) is 5.14. The fraction of sp³-hybridized carbons (Fsp3) is 0.423. The number of para-hydroxylation sites is 1. The summed E-state index contributed by atoms with van der Waals surface area (Å²) in [6, 6.07) is 15.7. The Morgan fingerprint density at radius 3 is 2.29 bits per heavy atom. The lowest BCUT2D eigenvalue weighted by Gasteiger charge is -2.30. The van der Waals surface area contributed by atoms with E-state index < -0.39 is 0 Å². The minimum absolute atomic E-state index is 0.412. The molecule has 3 N–H and O–H groups in total. The van der Waals surface area contributed by atoms with Gasteiger partial charge >= 0.3 is 0 Å². The van der Waals surface area contributed by atoms with Crippen molar-refractivity contribution in [3.05, 3.63) is 59.2 Å². The first-order chi connectivity index (χ1) is 14.9. The highest BCUT2D eigenvalue weighted by Gasteiger charge is 2.21. The summed E-state index contributed by atoms with van der Waals surface area (Å²) < 4.78 is 0. The van der Waals surface area contributed by atoms with Gasteiger partial charge in [0, 0.05) is 49.9 Å². The SMILES string of the molecule is Cc1cc(CN[C@H]2CC[C@@H](Nc3cc(N(C)C)c4ccccc4n3)CC2)cc(C)c1O. The lowest BCUT2D eigenvalue weighted by molar-refractivity contribution is 0.352. The molecule has 2 aromatic carbocycles.